The van der Waals surface area contributed by atoms with Crippen LogP contribution in [-0.2, 0) is 0 Å². The molecule has 0 spiro atoms. The van der Waals surface area contributed by atoms with Gasteiger partial charge < -0.3 is 9.84 Å². The maximum atomic E-state index is 10.7. The number of rotatable bonds is 5. The first-order valence-electron chi connectivity index (χ1n) is 7.05. The molecule has 0 saturated heterocycles. The zero-order chi connectivity index (χ0) is 14.5. The summed E-state index contributed by atoms with van der Waals surface area (Å²) in [5, 5.41) is 10.7. The van der Waals surface area contributed by atoms with Gasteiger partial charge in [0.1, 0.15) is 5.75 Å². The molecule has 0 saturated carbocycles. The lowest BCUT2D eigenvalue weighted by Gasteiger charge is -2.23. The molecule has 2 heteroatoms. The number of aryl methyl sites for hydroxylation is 1. The first kappa shape index (κ1) is 14.6. The summed E-state index contributed by atoms with van der Waals surface area (Å²) in [7, 11) is 1.66. The van der Waals surface area contributed by atoms with Gasteiger partial charge in [-0.3, -0.25) is 0 Å². The second kappa shape index (κ2) is 6.58. The third-order valence-electron chi connectivity index (χ3n) is 3.81. The number of methoxy groups -OCH3 is 1. The Bertz CT molecular complexity index is 549. The van der Waals surface area contributed by atoms with Crippen LogP contribution >= 0.6 is 0 Å². The summed E-state index contributed by atoms with van der Waals surface area (Å²) < 4.78 is 5.27. The second-order valence-corrected chi connectivity index (χ2v) is 5.10. The molecule has 2 aromatic rings. The van der Waals surface area contributed by atoms with Crippen molar-refractivity contribution in [3.8, 4) is 5.75 Å². The van der Waals surface area contributed by atoms with Crippen LogP contribution in [0.3, 0.4) is 0 Å². The summed E-state index contributed by atoms with van der Waals surface area (Å²) in [6.07, 6.45) is 0.406. The predicted octanol–water partition coefficient (Wildman–Crippen LogP) is 4.23. The van der Waals surface area contributed by atoms with E-state index in [0.717, 1.165) is 23.3 Å². The minimum Gasteiger partial charge on any atom is -0.496 e. The zero-order valence-corrected chi connectivity index (χ0v) is 12.3. The van der Waals surface area contributed by atoms with E-state index in [1.165, 1.54) is 5.56 Å². The van der Waals surface area contributed by atoms with E-state index in [9.17, 15) is 5.11 Å². The number of hydrogen-bond acceptors (Lipinski definition) is 2. The normalized spacial score (nSPS) is 13.8. The molecule has 20 heavy (non-hydrogen) atoms. The summed E-state index contributed by atoms with van der Waals surface area (Å²) >= 11 is 0. The van der Waals surface area contributed by atoms with E-state index in [1.54, 1.807) is 7.11 Å². The fourth-order valence-electron chi connectivity index (χ4n) is 2.66. The van der Waals surface area contributed by atoms with Gasteiger partial charge in [-0.1, -0.05) is 43.3 Å². The zero-order valence-electron chi connectivity index (χ0n) is 12.3. The number of hydrogen-bond donors (Lipinski definition) is 1. The highest BCUT2D eigenvalue weighted by Crippen LogP contribution is 2.34. The van der Waals surface area contributed by atoms with Crippen LogP contribution in [0.15, 0.2) is 48.5 Å². The lowest BCUT2D eigenvalue weighted by atomic mass is 9.87. The largest absolute Gasteiger partial charge is 0.496 e. The second-order valence-electron chi connectivity index (χ2n) is 5.10. The standard InChI is InChI=1S/C18H22O2/c1-4-16(14-8-6-5-7-9-14)18(19)15-10-11-17(20-3)13(2)12-15/h5-12,16,18-19H,4H2,1-3H3. The van der Waals surface area contributed by atoms with Gasteiger partial charge in [-0.05, 0) is 42.2 Å². The fraction of sp³-hybridized carbons (Fsp3) is 0.333. The van der Waals surface area contributed by atoms with E-state index in [-0.39, 0.29) is 5.92 Å². The Balaban J connectivity index is 2.29. The minimum absolute atomic E-state index is 0.115. The van der Waals surface area contributed by atoms with Gasteiger partial charge in [0.2, 0.25) is 0 Å². The van der Waals surface area contributed by atoms with Gasteiger partial charge in [-0.25, -0.2) is 0 Å². The van der Waals surface area contributed by atoms with Crippen molar-refractivity contribution in [2.45, 2.75) is 32.3 Å². The average Bonchev–Trinajstić information content (AvgIpc) is 2.49. The summed E-state index contributed by atoms with van der Waals surface area (Å²) in [4.78, 5) is 0. The molecular weight excluding hydrogens is 248 g/mol. The molecule has 2 rings (SSSR count). The molecule has 106 valence electrons. The molecule has 2 nitrogen and oxygen atoms in total. The molecule has 1 N–H and O–H groups in total. The van der Waals surface area contributed by atoms with Crippen LogP contribution in [0.4, 0.5) is 0 Å². The van der Waals surface area contributed by atoms with Gasteiger partial charge in [0.15, 0.2) is 0 Å². The van der Waals surface area contributed by atoms with Crippen LogP contribution in [-0.4, -0.2) is 12.2 Å². The van der Waals surface area contributed by atoms with Crippen LogP contribution in [0.5, 0.6) is 5.75 Å². The Labute approximate surface area is 121 Å². The third kappa shape index (κ3) is 3.02. The summed E-state index contributed by atoms with van der Waals surface area (Å²) in [6.45, 7) is 4.11. The highest BCUT2D eigenvalue weighted by atomic mass is 16.5. The van der Waals surface area contributed by atoms with Crippen molar-refractivity contribution in [2.24, 2.45) is 0 Å². The van der Waals surface area contributed by atoms with Crippen molar-refractivity contribution >= 4 is 0 Å². The molecule has 2 atom stereocenters. The molecule has 0 radical (unpaired) electrons. The summed E-state index contributed by atoms with van der Waals surface area (Å²) in [6, 6.07) is 16.1. The van der Waals surface area contributed by atoms with E-state index < -0.39 is 6.10 Å². The van der Waals surface area contributed by atoms with E-state index in [0.29, 0.717) is 0 Å². The maximum absolute atomic E-state index is 10.7. The number of ether oxygens (including phenoxy) is 1. The Morgan fingerprint density at radius 3 is 2.30 bits per heavy atom. The van der Waals surface area contributed by atoms with Gasteiger partial charge in [-0.15, -0.1) is 0 Å². The molecule has 0 fully saturated rings. The molecule has 0 aromatic heterocycles. The topological polar surface area (TPSA) is 29.5 Å². The first-order chi connectivity index (χ1) is 9.67. The van der Waals surface area contributed by atoms with E-state index in [2.05, 4.69) is 19.1 Å². The van der Waals surface area contributed by atoms with Crippen molar-refractivity contribution in [3.05, 3.63) is 65.2 Å². The fourth-order valence-corrected chi connectivity index (χ4v) is 2.66. The van der Waals surface area contributed by atoms with Crippen molar-refractivity contribution in [1.29, 1.82) is 0 Å². The predicted molar refractivity (Wildman–Crippen MR) is 82.2 cm³/mol. The summed E-state index contributed by atoms with van der Waals surface area (Å²) in [5.41, 5.74) is 3.17. The molecule has 0 heterocycles. The summed E-state index contributed by atoms with van der Waals surface area (Å²) in [5.74, 6) is 0.970. The van der Waals surface area contributed by atoms with E-state index >= 15 is 0 Å². The van der Waals surface area contributed by atoms with Crippen LogP contribution in [0.2, 0.25) is 0 Å². The SMILES string of the molecule is CCC(c1ccccc1)C(O)c1ccc(OC)c(C)c1. The van der Waals surface area contributed by atoms with Crippen molar-refractivity contribution in [2.75, 3.05) is 7.11 Å². The Hall–Kier alpha value is -1.80. The maximum Gasteiger partial charge on any atom is 0.121 e. The molecule has 0 amide bonds. The van der Waals surface area contributed by atoms with E-state index in [1.807, 2.05) is 43.3 Å². The minimum atomic E-state index is -0.494. The van der Waals surface area contributed by atoms with Crippen molar-refractivity contribution < 1.29 is 9.84 Å². The Morgan fingerprint density at radius 2 is 1.75 bits per heavy atom. The van der Waals surface area contributed by atoms with Gasteiger partial charge >= 0.3 is 0 Å². The molecule has 2 unspecified atom stereocenters. The van der Waals surface area contributed by atoms with Crippen molar-refractivity contribution in [3.63, 3.8) is 0 Å². The quantitative estimate of drug-likeness (QED) is 0.881. The third-order valence-corrected chi connectivity index (χ3v) is 3.81. The molecule has 2 aromatic carbocycles. The molecule has 0 aliphatic heterocycles. The van der Waals surface area contributed by atoms with Gasteiger partial charge in [0.25, 0.3) is 0 Å². The smallest absolute Gasteiger partial charge is 0.121 e. The van der Waals surface area contributed by atoms with Gasteiger partial charge in [-0.2, -0.15) is 0 Å². The first-order valence-corrected chi connectivity index (χ1v) is 7.05. The van der Waals surface area contributed by atoms with Crippen LogP contribution in [0, 0.1) is 6.92 Å². The number of benzene rings is 2. The van der Waals surface area contributed by atoms with Crippen LogP contribution < -0.4 is 4.74 Å². The molecular formula is C18H22O2. The highest BCUT2D eigenvalue weighted by molar-refractivity contribution is 5.38. The van der Waals surface area contributed by atoms with E-state index in [4.69, 9.17) is 4.74 Å². The van der Waals surface area contributed by atoms with Gasteiger partial charge in [0, 0.05) is 5.92 Å². The highest BCUT2D eigenvalue weighted by Gasteiger charge is 2.21. The van der Waals surface area contributed by atoms with Crippen molar-refractivity contribution in [1.82, 2.24) is 0 Å². The monoisotopic (exact) mass is 270 g/mol. The average molecular weight is 270 g/mol. The lowest BCUT2D eigenvalue weighted by Crippen LogP contribution is -2.10. The Morgan fingerprint density at radius 1 is 1.05 bits per heavy atom. The number of aliphatic hydroxyl groups is 1. The molecule has 0 bridgehead atoms. The Kier molecular flexibility index (Phi) is 4.80. The van der Waals surface area contributed by atoms with Crippen LogP contribution in [0.1, 0.15) is 42.1 Å². The molecule has 0 aliphatic rings. The molecule has 0 aliphatic carbocycles. The van der Waals surface area contributed by atoms with Gasteiger partial charge in [0.05, 0.1) is 13.2 Å². The number of aliphatic hydroxyl groups excluding tert-OH is 1. The lowest BCUT2D eigenvalue weighted by molar-refractivity contribution is 0.142. The van der Waals surface area contributed by atoms with Crippen LogP contribution in [0.25, 0.3) is 0 Å².